The highest BCUT2D eigenvalue weighted by molar-refractivity contribution is 6.83. The average Bonchev–Trinajstić information content (AvgIpc) is 0.711. The lowest BCUT2D eigenvalue weighted by Gasteiger charge is -2.31. The summed E-state index contributed by atoms with van der Waals surface area (Å²) in [6.07, 6.45) is 0. The molecule has 20 aromatic rings. The summed E-state index contributed by atoms with van der Waals surface area (Å²) in [6.45, 7) is 2.48. The number of aliphatic hydroxyl groups excluding tert-OH is 3. The highest BCUT2D eigenvalue weighted by Gasteiger charge is 2.44. The molecule has 0 fully saturated rings. The number of Topliss-reactive ketones (excluding diaryl/α,β-unsaturated/α-hetero) is 3. The maximum absolute atomic E-state index is 14.5. The molecule has 12 N–H and O–H groups in total. The second kappa shape index (κ2) is 32.7. The number of rotatable bonds is 9. The van der Waals surface area contributed by atoms with Crippen molar-refractivity contribution in [2.75, 3.05) is 47.1 Å². The molecule has 0 bridgehead atoms. The SMILES string of the molecule is Cc1ccc(B2N=c3c(=C4C(=O)C(c5ccc6cccc7c6c5NB(c5ccc(C)cc5)N7)=C4O)ccc4cccc(c34)N2)cc1.O=C1C(c2ccc3cccc4c3c2NB(c2cccc3ccccc23)N4)=C(O)C1=c1ccc2cccc3c2c1=NB(c1cccc2ccccc12)N3.O=C1C(c2ccc3cccc4c3c2NB(c2ccccc2)N4)=C(O)C1=c1ccc2cccc3c2c1=NB(c1ccccc1)N3. The van der Waals surface area contributed by atoms with E-state index in [9.17, 15) is 29.7 Å². The fourth-order valence-electron chi connectivity index (χ4n) is 22.4. The van der Waals surface area contributed by atoms with Crippen molar-refractivity contribution in [2.45, 2.75) is 13.8 Å². The fourth-order valence-corrected chi connectivity index (χ4v) is 22.4. The van der Waals surface area contributed by atoms with Crippen LogP contribution in [0.15, 0.2) is 408 Å². The van der Waals surface area contributed by atoms with Gasteiger partial charge in [-0.25, -0.2) is 0 Å². The van der Waals surface area contributed by atoms with Gasteiger partial charge in [-0.3, -0.25) is 14.4 Å². The Balaban J connectivity index is 0.000000107. The molecule has 9 aliphatic rings. The molecule has 0 saturated heterocycles. The number of aliphatic hydroxyl groups is 3. The fraction of sp³-hybridized carbons (Fsp3) is 0.0169. The summed E-state index contributed by atoms with van der Waals surface area (Å²) >= 11 is 0. The minimum absolute atomic E-state index is 0.000927. The van der Waals surface area contributed by atoms with Crippen molar-refractivity contribution in [3.05, 3.63) is 453 Å². The van der Waals surface area contributed by atoms with Gasteiger partial charge in [-0.1, -0.05) is 351 Å². The predicted molar refractivity (Wildman–Crippen MR) is 588 cm³/mol. The summed E-state index contributed by atoms with van der Waals surface area (Å²) in [4.78, 5) is 58.4. The Hall–Kier alpha value is -18.3. The first kappa shape index (κ1) is 83.1. The Morgan fingerprint density at radius 1 is 0.218 bits per heavy atom. The van der Waals surface area contributed by atoms with Gasteiger partial charge in [0.25, 0.3) is 0 Å². The number of anilines is 9. The molecular formula is C118H80B6N12O6. The van der Waals surface area contributed by atoms with Crippen LogP contribution in [0.1, 0.15) is 27.8 Å². The number of aryl methyl sites for hydroxylation is 2. The maximum Gasteiger partial charge on any atom is 0.428 e. The Bertz CT molecular complexity index is 9600. The molecule has 24 heteroatoms. The minimum atomic E-state index is -0.377. The van der Waals surface area contributed by atoms with Gasteiger partial charge in [-0.15, -0.1) is 0 Å². The van der Waals surface area contributed by atoms with E-state index in [0.29, 0.717) is 76.5 Å². The lowest BCUT2D eigenvalue weighted by Crippen LogP contribution is -2.48. The van der Waals surface area contributed by atoms with Crippen LogP contribution in [0.5, 0.6) is 0 Å². The molecule has 0 aromatic heterocycles. The number of carbonyl (C=O) groups is 3. The number of carbonyl (C=O) groups excluding carboxylic acids is 3. The van der Waals surface area contributed by atoms with Crippen molar-refractivity contribution in [2.24, 2.45) is 14.7 Å². The quantitative estimate of drug-likeness (QED) is 0.0600. The highest BCUT2D eigenvalue weighted by Crippen LogP contribution is 2.50. The van der Waals surface area contributed by atoms with Gasteiger partial charge < -0.3 is 77.1 Å². The molecule has 29 rings (SSSR count). The number of hydrogen-bond acceptors (Lipinski definition) is 18. The van der Waals surface area contributed by atoms with E-state index in [2.05, 4.69) is 237 Å². The van der Waals surface area contributed by atoms with E-state index < -0.39 is 0 Å². The van der Waals surface area contributed by atoms with E-state index in [4.69, 9.17) is 14.7 Å². The van der Waals surface area contributed by atoms with Crippen LogP contribution in [0.25, 0.3) is 120 Å². The van der Waals surface area contributed by atoms with Gasteiger partial charge >= 0.3 is 41.9 Å². The number of benzene rings is 20. The molecule has 0 saturated carbocycles. The first-order valence-electron chi connectivity index (χ1n) is 47.8. The molecule has 0 atom stereocenters. The van der Waals surface area contributed by atoms with Gasteiger partial charge in [0.2, 0.25) is 17.3 Å². The van der Waals surface area contributed by atoms with Crippen LogP contribution in [0.4, 0.5) is 51.2 Å². The first-order valence-corrected chi connectivity index (χ1v) is 47.8. The molecule has 20 aromatic carbocycles. The van der Waals surface area contributed by atoms with Gasteiger partial charge in [-0.05, 0) is 137 Å². The molecule has 3 aliphatic carbocycles. The van der Waals surface area contributed by atoms with Gasteiger partial charge in [-0.2, -0.15) is 0 Å². The van der Waals surface area contributed by atoms with Crippen molar-refractivity contribution < 1.29 is 29.7 Å². The lowest BCUT2D eigenvalue weighted by molar-refractivity contribution is -0.110. The first-order chi connectivity index (χ1) is 69.7. The summed E-state index contributed by atoms with van der Waals surface area (Å²) in [5.41, 5.74) is 20.9. The number of hydrogen-bond donors (Lipinski definition) is 12. The summed E-state index contributed by atoms with van der Waals surface area (Å²) in [5, 5.41) is 88.8. The molecule has 0 spiro atoms. The number of fused-ring (bicyclic) bond motifs is 2. The molecule has 142 heavy (non-hydrogen) atoms. The van der Waals surface area contributed by atoms with Crippen LogP contribution in [0.3, 0.4) is 0 Å². The molecule has 0 unspecified atom stereocenters. The van der Waals surface area contributed by atoms with Gasteiger partial charge in [0.05, 0.1) is 49.5 Å². The number of allylic oxidation sites excluding steroid dienone is 6. The van der Waals surface area contributed by atoms with E-state index >= 15 is 0 Å². The summed E-state index contributed by atoms with van der Waals surface area (Å²) < 4.78 is 0. The number of nitrogens with zero attached hydrogens (tertiary/aromatic N) is 3. The molecule has 6 aliphatic heterocycles. The van der Waals surface area contributed by atoms with E-state index in [-0.39, 0.29) is 76.5 Å². The molecular weight excluding hydrogens is 1750 g/mol. The van der Waals surface area contributed by atoms with Crippen LogP contribution in [-0.4, -0.2) is 74.6 Å². The van der Waals surface area contributed by atoms with Crippen molar-refractivity contribution in [3.63, 3.8) is 0 Å². The molecule has 0 amide bonds. The zero-order valence-corrected chi connectivity index (χ0v) is 76.7. The van der Waals surface area contributed by atoms with Crippen LogP contribution < -0.4 is 112 Å². The zero-order valence-electron chi connectivity index (χ0n) is 76.7. The summed E-state index contributed by atoms with van der Waals surface area (Å²) in [7, 11) is 0. The molecule has 6 heterocycles. The highest BCUT2D eigenvalue weighted by atomic mass is 16.3. The topological polar surface area (TPSA) is 257 Å². The largest absolute Gasteiger partial charge is 0.506 e. The lowest BCUT2D eigenvalue weighted by atomic mass is 9.64. The van der Waals surface area contributed by atoms with Crippen molar-refractivity contribution in [3.8, 4) is 0 Å². The normalized spacial score (nSPS) is 16.0. The summed E-state index contributed by atoms with van der Waals surface area (Å²) in [5.74, 6) is -0.590. The van der Waals surface area contributed by atoms with Crippen molar-refractivity contribution >= 4 is 263 Å². The van der Waals surface area contributed by atoms with Crippen LogP contribution >= 0.6 is 0 Å². The smallest absolute Gasteiger partial charge is 0.428 e. The van der Waals surface area contributed by atoms with Crippen LogP contribution in [-0.2, 0) is 14.4 Å². The van der Waals surface area contributed by atoms with E-state index in [1.165, 1.54) is 11.1 Å². The maximum atomic E-state index is 14.5. The van der Waals surface area contributed by atoms with Gasteiger partial charge in [0, 0.05) is 116 Å². The Kier molecular flexibility index (Phi) is 19.1. The average molecular weight is 1830 g/mol. The van der Waals surface area contributed by atoms with E-state index in [1.54, 1.807) is 0 Å². The molecule has 666 valence electrons. The Labute approximate surface area is 815 Å². The predicted octanol–water partition coefficient (Wildman–Crippen LogP) is 16.0. The molecule has 18 nitrogen and oxygen atoms in total. The third-order valence-electron chi connectivity index (χ3n) is 29.3. The third-order valence-corrected chi connectivity index (χ3v) is 29.3. The second-order valence-corrected chi connectivity index (χ2v) is 37.5. The molecule has 0 radical (unpaired) electrons. The number of ketones is 3. The second-order valence-electron chi connectivity index (χ2n) is 37.5. The van der Waals surface area contributed by atoms with E-state index in [1.807, 2.05) is 200 Å². The third kappa shape index (κ3) is 13.3. The van der Waals surface area contributed by atoms with E-state index in [0.717, 1.165) is 176 Å². The monoisotopic (exact) mass is 1830 g/mol. The van der Waals surface area contributed by atoms with Crippen molar-refractivity contribution in [1.82, 2.24) is 0 Å². The van der Waals surface area contributed by atoms with Crippen molar-refractivity contribution in [1.29, 1.82) is 0 Å². The Morgan fingerprint density at radius 3 is 0.901 bits per heavy atom. The standard InChI is InChI=1S/C44H28B2N4O2.C38H28B2N4O2.C36H24B2N4O2/c51-43-39(31-23-21-27-13-7-19-35-37(27)41(31)49-45(47-35)33-17-5-11-25-9-1-3-15-29(25)33)44(52)40(43)32-24-22-28-14-8-20-36-38(28)42(32)50-46(48-36)34-18-6-12-26-10-2-4-16-30(26)34;1-21-9-15-25(16-10-21)39-41-29-7-3-5-23-13-19-27(35(43-39)31(23)29)33-37(45)34(38(33)46)28-20-14-24-6-4-8-30-32(24)36(28)44-40(42-30)26-17-11-22(2)12-18-26;43-35-31(25-19-17-21-9-7-15-27-29(21)33(25)41-37(39-27)23-11-3-1-4-12-23)36(44)32(35)26-20-18-22-10-8-16-28-30(22)34(26)42-38(40-28)24-13-5-2-6-14-24/h1-24,47-49,51H;3-20,41-43,45H,1-2H3;1-20,39-41,43H. The summed E-state index contributed by atoms with van der Waals surface area (Å²) in [6, 6.07) is 127. The number of nitrogens with one attached hydrogen (secondary N) is 9. The van der Waals surface area contributed by atoms with Crippen LogP contribution in [0, 0.1) is 13.8 Å². The zero-order chi connectivity index (χ0) is 95.0. The van der Waals surface area contributed by atoms with Gasteiger partial charge in [0.15, 0.2) is 0 Å². The Morgan fingerprint density at radius 2 is 0.500 bits per heavy atom. The van der Waals surface area contributed by atoms with Gasteiger partial charge in [0.1, 0.15) is 17.3 Å². The minimum Gasteiger partial charge on any atom is -0.506 e. The van der Waals surface area contributed by atoms with Crippen LogP contribution in [0.2, 0.25) is 0 Å².